The van der Waals surface area contributed by atoms with Crippen LogP contribution < -0.4 is 20.1 Å². The zero-order valence-corrected chi connectivity index (χ0v) is 23.2. The molecule has 10 heteroatoms. The van der Waals surface area contributed by atoms with E-state index in [-0.39, 0.29) is 41.2 Å². The lowest BCUT2D eigenvalue weighted by Gasteiger charge is -2.15. The summed E-state index contributed by atoms with van der Waals surface area (Å²) < 4.78 is 16.0. The van der Waals surface area contributed by atoms with Gasteiger partial charge in [-0.2, -0.15) is 5.26 Å². The summed E-state index contributed by atoms with van der Waals surface area (Å²) in [5, 5.41) is 15.2. The van der Waals surface area contributed by atoms with Crippen LogP contribution in [0, 0.1) is 25.2 Å². The number of anilines is 2. The zero-order chi connectivity index (χ0) is 29.2. The van der Waals surface area contributed by atoms with Gasteiger partial charge in [0.1, 0.15) is 11.6 Å². The van der Waals surface area contributed by atoms with Crippen LogP contribution in [0.3, 0.4) is 0 Å². The van der Waals surface area contributed by atoms with E-state index in [2.05, 4.69) is 15.4 Å². The number of carbonyl (C=O) groups excluding carboxylic acids is 3. The first-order valence-corrected chi connectivity index (χ1v) is 12.6. The van der Waals surface area contributed by atoms with E-state index in [4.69, 9.17) is 21.1 Å². The Labute approximate surface area is 237 Å². The van der Waals surface area contributed by atoms with E-state index >= 15 is 0 Å². The molecule has 2 N–H and O–H groups in total. The second-order valence-electron chi connectivity index (χ2n) is 8.61. The van der Waals surface area contributed by atoms with Crippen LogP contribution in [0.1, 0.15) is 34.0 Å². The Morgan fingerprint density at radius 1 is 1.00 bits per heavy atom. The van der Waals surface area contributed by atoms with Gasteiger partial charge >= 0.3 is 5.97 Å². The molecule has 0 aliphatic heterocycles. The average Bonchev–Trinajstić information content (AvgIpc) is 2.93. The standard InChI is InChI=1S/C30H28ClN3O6/c1-5-39-26-15-20(13-22(16-32)29(36)33-23-9-7-21(8-10-23)30(37)38-4)14-24(31)28(26)40-17-27(35)34-25-11-6-18(2)12-19(25)3/h6-15H,5,17H2,1-4H3,(H,33,36)(H,34,35)/b22-13-. The van der Waals surface area contributed by atoms with Crippen LogP contribution in [0.5, 0.6) is 11.5 Å². The van der Waals surface area contributed by atoms with Gasteiger partial charge in [0.2, 0.25) is 0 Å². The van der Waals surface area contributed by atoms with Crippen molar-refractivity contribution >= 4 is 46.8 Å². The third-order valence-corrected chi connectivity index (χ3v) is 5.86. The monoisotopic (exact) mass is 561 g/mol. The molecule has 3 aromatic carbocycles. The highest BCUT2D eigenvalue weighted by Gasteiger charge is 2.17. The number of ether oxygens (including phenoxy) is 3. The van der Waals surface area contributed by atoms with Crippen molar-refractivity contribution in [3.8, 4) is 17.6 Å². The molecule has 0 spiro atoms. The number of nitrogens with one attached hydrogen (secondary N) is 2. The number of nitrogens with zero attached hydrogens (tertiary/aromatic N) is 1. The molecule has 3 aromatic rings. The second-order valence-corrected chi connectivity index (χ2v) is 9.02. The minimum atomic E-state index is -0.661. The number of hydrogen-bond acceptors (Lipinski definition) is 7. The number of benzene rings is 3. The Morgan fingerprint density at radius 2 is 1.73 bits per heavy atom. The lowest BCUT2D eigenvalue weighted by atomic mass is 10.1. The molecule has 206 valence electrons. The first kappa shape index (κ1) is 29.7. The van der Waals surface area contributed by atoms with E-state index in [1.54, 1.807) is 13.0 Å². The molecule has 0 saturated carbocycles. The molecule has 0 saturated heterocycles. The largest absolute Gasteiger partial charge is 0.490 e. The molecule has 0 aliphatic rings. The van der Waals surface area contributed by atoms with E-state index in [0.717, 1.165) is 11.1 Å². The van der Waals surface area contributed by atoms with Crippen molar-refractivity contribution in [1.29, 1.82) is 5.26 Å². The normalized spacial score (nSPS) is 10.8. The molecular formula is C30H28ClN3O6. The second kappa shape index (κ2) is 13.8. The van der Waals surface area contributed by atoms with Gasteiger partial charge in [0.05, 0.1) is 24.3 Å². The Balaban J connectivity index is 1.75. The van der Waals surface area contributed by atoms with Crippen molar-refractivity contribution in [1.82, 2.24) is 0 Å². The molecule has 9 nitrogen and oxygen atoms in total. The first-order valence-electron chi connectivity index (χ1n) is 12.2. The third-order valence-electron chi connectivity index (χ3n) is 5.58. The Kier molecular flexibility index (Phi) is 10.3. The summed E-state index contributed by atoms with van der Waals surface area (Å²) in [6, 6.07) is 16.6. The van der Waals surface area contributed by atoms with Crippen LogP contribution in [-0.4, -0.2) is 38.1 Å². The summed E-state index contributed by atoms with van der Waals surface area (Å²) in [5.74, 6) is -1.14. The van der Waals surface area contributed by atoms with Crippen LogP contribution in [0.15, 0.2) is 60.2 Å². The van der Waals surface area contributed by atoms with E-state index in [1.807, 2.05) is 38.1 Å². The van der Waals surface area contributed by atoms with Gasteiger partial charge in [-0.1, -0.05) is 29.3 Å². The van der Waals surface area contributed by atoms with Crippen molar-refractivity contribution < 1.29 is 28.6 Å². The van der Waals surface area contributed by atoms with Gasteiger partial charge in [0, 0.05) is 11.4 Å². The molecule has 0 aliphatic carbocycles. The molecule has 0 radical (unpaired) electrons. The van der Waals surface area contributed by atoms with Crippen LogP contribution in [0.2, 0.25) is 5.02 Å². The summed E-state index contributed by atoms with van der Waals surface area (Å²) in [7, 11) is 1.27. The van der Waals surface area contributed by atoms with Crippen molar-refractivity contribution in [3.05, 3.63) is 87.4 Å². The van der Waals surface area contributed by atoms with Gasteiger partial charge < -0.3 is 24.8 Å². The van der Waals surface area contributed by atoms with E-state index in [0.29, 0.717) is 22.5 Å². The molecule has 0 aromatic heterocycles. The van der Waals surface area contributed by atoms with Crippen molar-refractivity contribution in [2.45, 2.75) is 20.8 Å². The predicted molar refractivity (Wildman–Crippen MR) is 153 cm³/mol. The maximum Gasteiger partial charge on any atom is 0.337 e. The SMILES string of the molecule is CCOc1cc(/C=C(/C#N)C(=O)Nc2ccc(C(=O)OC)cc2)cc(Cl)c1OCC(=O)Nc1ccc(C)cc1C. The molecule has 2 amide bonds. The Morgan fingerprint density at radius 3 is 2.35 bits per heavy atom. The van der Waals surface area contributed by atoms with Crippen molar-refractivity contribution in [2.75, 3.05) is 31.0 Å². The van der Waals surface area contributed by atoms with E-state index < -0.39 is 11.9 Å². The zero-order valence-electron chi connectivity index (χ0n) is 22.5. The topological polar surface area (TPSA) is 127 Å². The lowest BCUT2D eigenvalue weighted by molar-refractivity contribution is -0.118. The number of hydrogen-bond donors (Lipinski definition) is 2. The molecule has 0 bridgehead atoms. The molecule has 3 rings (SSSR count). The molecule has 40 heavy (non-hydrogen) atoms. The molecule has 0 heterocycles. The number of halogens is 1. The summed E-state index contributed by atoms with van der Waals surface area (Å²) in [4.78, 5) is 36.8. The van der Waals surface area contributed by atoms with Gasteiger partial charge in [-0.15, -0.1) is 0 Å². The van der Waals surface area contributed by atoms with Gasteiger partial charge in [0.25, 0.3) is 11.8 Å². The number of esters is 1. The summed E-state index contributed by atoms with van der Waals surface area (Å²) in [6.45, 7) is 5.60. The highest BCUT2D eigenvalue weighted by atomic mass is 35.5. The van der Waals surface area contributed by atoms with Gasteiger partial charge in [-0.05, 0) is 80.4 Å². The van der Waals surface area contributed by atoms with E-state index in [1.165, 1.54) is 43.5 Å². The van der Waals surface area contributed by atoms with Gasteiger partial charge in [-0.3, -0.25) is 9.59 Å². The number of aryl methyl sites for hydroxylation is 2. The average molecular weight is 562 g/mol. The number of carbonyl (C=O) groups is 3. The van der Waals surface area contributed by atoms with Crippen LogP contribution in [-0.2, 0) is 14.3 Å². The van der Waals surface area contributed by atoms with Crippen LogP contribution in [0.25, 0.3) is 6.08 Å². The highest BCUT2D eigenvalue weighted by Crippen LogP contribution is 2.37. The molecular weight excluding hydrogens is 534 g/mol. The molecule has 0 unspecified atom stereocenters. The van der Waals surface area contributed by atoms with Crippen molar-refractivity contribution in [3.63, 3.8) is 0 Å². The predicted octanol–water partition coefficient (Wildman–Crippen LogP) is 5.71. The van der Waals surface area contributed by atoms with E-state index in [9.17, 15) is 19.6 Å². The van der Waals surface area contributed by atoms with Gasteiger partial charge in [-0.25, -0.2) is 4.79 Å². The minimum absolute atomic E-state index is 0.132. The summed E-state index contributed by atoms with van der Waals surface area (Å²) >= 11 is 6.46. The van der Waals surface area contributed by atoms with Crippen LogP contribution in [0.4, 0.5) is 11.4 Å². The van der Waals surface area contributed by atoms with Crippen LogP contribution >= 0.6 is 11.6 Å². The molecule has 0 fully saturated rings. The lowest BCUT2D eigenvalue weighted by Crippen LogP contribution is -2.21. The smallest absolute Gasteiger partial charge is 0.337 e. The number of nitriles is 1. The number of methoxy groups -OCH3 is 1. The quantitative estimate of drug-likeness (QED) is 0.184. The fourth-order valence-electron chi connectivity index (χ4n) is 3.67. The Hall–Kier alpha value is -4.81. The number of rotatable bonds is 10. The fourth-order valence-corrected chi connectivity index (χ4v) is 3.95. The van der Waals surface area contributed by atoms with Gasteiger partial charge in [0.15, 0.2) is 18.1 Å². The summed E-state index contributed by atoms with van der Waals surface area (Å²) in [5.41, 5.74) is 3.60. The maximum atomic E-state index is 12.7. The Bertz CT molecular complexity index is 1490. The maximum absolute atomic E-state index is 12.7. The summed E-state index contributed by atoms with van der Waals surface area (Å²) in [6.07, 6.45) is 1.35. The highest BCUT2D eigenvalue weighted by molar-refractivity contribution is 6.32. The minimum Gasteiger partial charge on any atom is -0.490 e. The first-order chi connectivity index (χ1) is 19.1. The molecule has 0 atom stereocenters. The third kappa shape index (κ3) is 7.85. The fraction of sp³-hybridized carbons (Fsp3) is 0.200. The number of amides is 2. The van der Waals surface area contributed by atoms with Crippen molar-refractivity contribution in [2.24, 2.45) is 0 Å².